The number of nitrogens with zero attached hydrogens (tertiary/aromatic N) is 1. The van der Waals surface area contributed by atoms with Crippen LogP contribution in [-0.4, -0.2) is 29.0 Å². The Hall–Kier alpha value is -1.68. The molecule has 1 aromatic carbocycles. The summed E-state index contributed by atoms with van der Waals surface area (Å²) in [5, 5.41) is 0.534. The molecule has 2 amide bonds. The second kappa shape index (κ2) is 5.13. The number of amides is 2. The van der Waals surface area contributed by atoms with Gasteiger partial charge in [0.2, 0.25) is 11.8 Å². The van der Waals surface area contributed by atoms with Gasteiger partial charge in [-0.2, -0.15) is 0 Å². The van der Waals surface area contributed by atoms with Crippen molar-refractivity contribution >= 4 is 29.2 Å². The largest absolute Gasteiger partial charge is 0.292 e. The number of hydrogen-bond acceptors (Lipinski definition) is 3. The monoisotopic (exact) mass is 279 g/mol. The second-order valence-electron chi connectivity index (χ2n) is 4.77. The highest BCUT2D eigenvalue weighted by molar-refractivity contribution is 6.30. The van der Waals surface area contributed by atoms with E-state index in [0.717, 1.165) is 4.90 Å². The Labute approximate surface area is 116 Å². The van der Waals surface area contributed by atoms with Gasteiger partial charge >= 0.3 is 0 Å². The molecule has 19 heavy (non-hydrogen) atoms. The first-order chi connectivity index (χ1) is 8.91. The van der Waals surface area contributed by atoms with Crippen LogP contribution in [0.3, 0.4) is 0 Å². The van der Waals surface area contributed by atoms with Crippen molar-refractivity contribution in [3.05, 3.63) is 34.9 Å². The zero-order chi connectivity index (χ0) is 14.2. The van der Waals surface area contributed by atoms with Gasteiger partial charge in [0.25, 0.3) is 0 Å². The first-order valence-electron chi connectivity index (χ1n) is 6.06. The molecule has 0 spiro atoms. The van der Waals surface area contributed by atoms with Gasteiger partial charge in [-0.1, -0.05) is 25.4 Å². The number of benzene rings is 1. The fraction of sp³-hybridized carbons (Fsp3) is 0.357. The summed E-state index contributed by atoms with van der Waals surface area (Å²) in [6.07, 6.45) is 0. The molecule has 1 fully saturated rings. The topological polar surface area (TPSA) is 54.5 Å². The van der Waals surface area contributed by atoms with Crippen LogP contribution in [0.1, 0.15) is 24.2 Å². The fourth-order valence-electron chi connectivity index (χ4n) is 2.05. The molecule has 2 rings (SSSR count). The third-order valence-corrected chi connectivity index (χ3v) is 3.78. The standard InChI is InChI=1S/C14H14ClNO3/c1-8-9(2)14(19)16(13(8)18)7-12(17)10-3-5-11(15)6-4-10/h3-6,8-9H,7H2,1-2H3. The zero-order valence-electron chi connectivity index (χ0n) is 10.7. The number of likely N-dealkylation sites (tertiary alicyclic amines) is 1. The van der Waals surface area contributed by atoms with E-state index < -0.39 is 0 Å². The lowest BCUT2D eigenvalue weighted by molar-refractivity contribution is -0.139. The molecule has 1 saturated heterocycles. The molecule has 1 aliphatic heterocycles. The van der Waals surface area contributed by atoms with Crippen LogP contribution in [0, 0.1) is 11.8 Å². The smallest absolute Gasteiger partial charge is 0.233 e. The lowest BCUT2D eigenvalue weighted by Gasteiger charge is -2.13. The molecule has 1 aliphatic rings. The summed E-state index contributed by atoms with van der Waals surface area (Å²) in [5.41, 5.74) is 0.442. The molecular formula is C14H14ClNO3. The zero-order valence-corrected chi connectivity index (χ0v) is 11.5. The van der Waals surface area contributed by atoms with Crippen molar-refractivity contribution in [1.29, 1.82) is 0 Å². The van der Waals surface area contributed by atoms with Crippen molar-refractivity contribution in [2.24, 2.45) is 11.8 Å². The van der Waals surface area contributed by atoms with Gasteiger partial charge in [0.05, 0.1) is 6.54 Å². The molecule has 4 nitrogen and oxygen atoms in total. The van der Waals surface area contributed by atoms with Crippen molar-refractivity contribution in [2.45, 2.75) is 13.8 Å². The molecule has 0 radical (unpaired) electrons. The minimum atomic E-state index is -0.356. The Kier molecular flexibility index (Phi) is 3.71. The average molecular weight is 280 g/mol. The van der Waals surface area contributed by atoms with Gasteiger partial charge in [-0.3, -0.25) is 19.3 Å². The van der Waals surface area contributed by atoms with Crippen LogP contribution < -0.4 is 0 Å². The van der Waals surface area contributed by atoms with Gasteiger partial charge < -0.3 is 0 Å². The molecule has 2 unspecified atom stereocenters. The van der Waals surface area contributed by atoms with E-state index in [-0.39, 0.29) is 36.0 Å². The number of carbonyl (C=O) groups is 3. The summed E-state index contributed by atoms with van der Waals surface area (Å²) in [4.78, 5) is 36.8. The van der Waals surface area contributed by atoms with E-state index in [4.69, 9.17) is 11.6 Å². The molecule has 2 atom stereocenters. The summed E-state index contributed by atoms with van der Waals surface area (Å²) in [6.45, 7) is 3.21. The van der Waals surface area contributed by atoms with Gasteiger partial charge in [0.15, 0.2) is 5.78 Å². The number of hydrogen-bond donors (Lipinski definition) is 0. The van der Waals surface area contributed by atoms with Crippen molar-refractivity contribution in [2.75, 3.05) is 6.54 Å². The maximum absolute atomic E-state index is 12.0. The van der Waals surface area contributed by atoms with Gasteiger partial charge in [0, 0.05) is 22.4 Å². The van der Waals surface area contributed by atoms with Crippen LogP contribution in [0.15, 0.2) is 24.3 Å². The van der Waals surface area contributed by atoms with Gasteiger partial charge in [-0.25, -0.2) is 0 Å². The third kappa shape index (κ3) is 2.54. The molecule has 0 N–H and O–H groups in total. The SMILES string of the molecule is CC1C(=O)N(CC(=O)c2ccc(Cl)cc2)C(=O)C1C. The average Bonchev–Trinajstić information content (AvgIpc) is 2.57. The molecule has 0 aliphatic carbocycles. The quantitative estimate of drug-likeness (QED) is 0.629. The van der Waals surface area contributed by atoms with Crippen molar-refractivity contribution in [3.8, 4) is 0 Å². The van der Waals surface area contributed by atoms with E-state index in [1.54, 1.807) is 38.1 Å². The van der Waals surface area contributed by atoms with E-state index in [9.17, 15) is 14.4 Å². The molecule has 100 valence electrons. The Bertz CT molecular complexity index is 518. The Morgan fingerprint density at radius 2 is 1.58 bits per heavy atom. The lowest BCUT2D eigenvalue weighted by atomic mass is 10.00. The molecule has 1 aromatic rings. The first kappa shape index (κ1) is 13.7. The van der Waals surface area contributed by atoms with Crippen LogP contribution >= 0.6 is 11.6 Å². The third-order valence-electron chi connectivity index (χ3n) is 3.53. The van der Waals surface area contributed by atoms with Gasteiger partial charge in [0.1, 0.15) is 0 Å². The maximum atomic E-state index is 12.0. The second-order valence-corrected chi connectivity index (χ2v) is 5.21. The lowest BCUT2D eigenvalue weighted by Crippen LogP contribution is -2.35. The molecule has 0 bridgehead atoms. The van der Waals surface area contributed by atoms with Crippen molar-refractivity contribution < 1.29 is 14.4 Å². The highest BCUT2D eigenvalue weighted by Crippen LogP contribution is 2.25. The first-order valence-corrected chi connectivity index (χ1v) is 6.43. The van der Waals surface area contributed by atoms with Crippen LogP contribution in [-0.2, 0) is 9.59 Å². The predicted molar refractivity (Wildman–Crippen MR) is 70.8 cm³/mol. The van der Waals surface area contributed by atoms with Crippen LogP contribution in [0.4, 0.5) is 0 Å². The Balaban J connectivity index is 2.13. The number of imide groups is 1. The normalized spacial score (nSPS) is 23.0. The summed E-state index contributed by atoms with van der Waals surface area (Å²) in [5.74, 6) is -1.53. The van der Waals surface area contributed by atoms with Crippen molar-refractivity contribution in [1.82, 2.24) is 4.90 Å². The highest BCUT2D eigenvalue weighted by atomic mass is 35.5. The highest BCUT2D eigenvalue weighted by Gasteiger charge is 2.42. The number of ketones is 1. The Morgan fingerprint density at radius 3 is 2.05 bits per heavy atom. The number of halogens is 1. The number of Topliss-reactive ketones (excluding diaryl/α,β-unsaturated/α-hetero) is 1. The van der Waals surface area contributed by atoms with E-state index in [1.165, 1.54) is 0 Å². The summed E-state index contributed by atoms with van der Waals surface area (Å²) < 4.78 is 0. The summed E-state index contributed by atoms with van der Waals surface area (Å²) >= 11 is 5.74. The molecular weight excluding hydrogens is 266 g/mol. The predicted octanol–water partition coefficient (Wildman–Crippen LogP) is 2.16. The molecule has 5 heteroatoms. The van der Waals surface area contributed by atoms with E-state index >= 15 is 0 Å². The van der Waals surface area contributed by atoms with Crippen molar-refractivity contribution in [3.63, 3.8) is 0 Å². The van der Waals surface area contributed by atoms with Crippen LogP contribution in [0.5, 0.6) is 0 Å². The molecule has 1 heterocycles. The van der Waals surface area contributed by atoms with Gasteiger partial charge in [-0.15, -0.1) is 0 Å². The molecule has 0 aromatic heterocycles. The van der Waals surface area contributed by atoms with Gasteiger partial charge in [-0.05, 0) is 24.3 Å². The summed E-state index contributed by atoms with van der Waals surface area (Å²) in [7, 11) is 0. The minimum absolute atomic E-state index is 0.200. The number of rotatable bonds is 3. The minimum Gasteiger partial charge on any atom is -0.292 e. The fourth-order valence-corrected chi connectivity index (χ4v) is 2.18. The summed E-state index contributed by atoms with van der Waals surface area (Å²) in [6, 6.07) is 6.38. The number of carbonyl (C=O) groups excluding carboxylic acids is 3. The Morgan fingerprint density at radius 1 is 1.11 bits per heavy atom. The van der Waals surface area contributed by atoms with Crippen LogP contribution in [0.2, 0.25) is 5.02 Å². The van der Waals surface area contributed by atoms with E-state index in [0.29, 0.717) is 10.6 Å². The van der Waals surface area contributed by atoms with E-state index in [2.05, 4.69) is 0 Å². The van der Waals surface area contributed by atoms with E-state index in [1.807, 2.05) is 0 Å². The maximum Gasteiger partial charge on any atom is 0.233 e. The molecule has 0 saturated carbocycles. The van der Waals surface area contributed by atoms with Crippen LogP contribution in [0.25, 0.3) is 0 Å².